The Labute approximate surface area is 174 Å². The quantitative estimate of drug-likeness (QED) is 0.731. The zero-order valence-electron chi connectivity index (χ0n) is 18.8. The number of amides is 1. The van der Waals surface area contributed by atoms with Gasteiger partial charge in [0.1, 0.15) is 24.1 Å². The van der Waals surface area contributed by atoms with E-state index in [1.54, 1.807) is 33.9 Å². The molecule has 7 nitrogen and oxygen atoms in total. The Bertz CT molecular complexity index is 699. The molecule has 0 aromatic heterocycles. The van der Waals surface area contributed by atoms with E-state index in [9.17, 15) is 9.90 Å². The maximum Gasteiger partial charge on any atom is 0.494 e. The molecule has 0 saturated carbocycles. The largest absolute Gasteiger partial charge is 0.494 e. The average molecular weight is 407 g/mol. The molecule has 1 aliphatic rings. The number of hydrogen-bond donors (Lipinski definition) is 1. The lowest BCUT2D eigenvalue weighted by Gasteiger charge is -2.32. The first-order valence-corrected chi connectivity index (χ1v) is 9.91. The molecule has 8 heteroatoms. The fraction of sp³-hybridized carbons (Fsp3) is 0.667. The number of benzene rings is 1. The van der Waals surface area contributed by atoms with Gasteiger partial charge in [0.2, 0.25) is 0 Å². The van der Waals surface area contributed by atoms with E-state index in [1.165, 1.54) is 4.90 Å². The maximum atomic E-state index is 12.0. The molecule has 2 rings (SSSR count). The number of ether oxygens (including phenoxy) is 2. The Morgan fingerprint density at radius 3 is 2.34 bits per heavy atom. The lowest BCUT2D eigenvalue weighted by molar-refractivity contribution is 0.00578. The monoisotopic (exact) mass is 407 g/mol. The van der Waals surface area contributed by atoms with Gasteiger partial charge in [0.15, 0.2) is 0 Å². The molecule has 0 bridgehead atoms. The van der Waals surface area contributed by atoms with Gasteiger partial charge in [-0.25, -0.2) is 4.79 Å². The van der Waals surface area contributed by atoms with E-state index < -0.39 is 36.1 Å². The van der Waals surface area contributed by atoms with Crippen LogP contribution >= 0.6 is 0 Å². The second kappa shape index (κ2) is 8.54. The molecule has 1 atom stereocenters. The van der Waals surface area contributed by atoms with Gasteiger partial charge in [-0.3, -0.25) is 0 Å². The predicted molar refractivity (Wildman–Crippen MR) is 113 cm³/mol. The molecular formula is C21H34BNO6. The lowest BCUT2D eigenvalue weighted by Crippen LogP contribution is -2.41. The number of carbonyl (C=O) groups is 1. The van der Waals surface area contributed by atoms with Crippen LogP contribution in [0.15, 0.2) is 24.3 Å². The molecule has 1 N–H and O–H groups in total. The van der Waals surface area contributed by atoms with Crippen molar-refractivity contribution >= 4 is 18.7 Å². The Morgan fingerprint density at radius 2 is 1.79 bits per heavy atom. The van der Waals surface area contributed by atoms with E-state index >= 15 is 0 Å². The van der Waals surface area contributed by atoms with Gasteiger partial charge in [0, 0.05) is 7.05 Å². The summed E-state index contributed by atoms with van der Waals surface area (Å²) in [6.45, 7) is 13.6. The number of nitrogens with zero attached hydrogens (tertiary/aromatic N) is 1. The summed E-state index contributed by atoms with van der Waals surface area (Å²) in [7, 11) is 1.10. The molecule has 1 unspecified atom stereocenters. The Morgan fingerprint density at radius 1 is 1.21 bits per heavy atom. The first kappa shape index (κ1) is 23.5. The van der Waals surface area contributed by atoms with Crippen molar-refractivity contribution in [2.45, 2.75) is 71.4 Å². The van der Waals surface area contributed by atoms with E-state index in [1.807, 2.05) is 45.9 Å². The third-order valence-electron chi connectivity index (χ3n) is 5.02. The number of hydrogen-bond acceptors (Lipinski definition) is 6. The highest BCUT2D eigenvalue weighted by Gasteiger charge is 2.51. The van der Waals surface area contributed by atoms with Crippen LogP contribution in [0.5, 0.6) is 5.75 Å². The summed E-state index contributed by atoms with van der Waals surface area (Å²) in [5.41, 5.74) is -0.573. The highest BCUT2D eigenvalue weighted by molar-refractivity contribution is 6.62. The van der Waals surface area contributed by atoms with Crippen molar-refractivity contribution in [2.24, 2.45) is 0 Å². The van der Waals surface area contributed by atoms with Crippen LogP contribution in [-0.4, -0.2) is 66.3 Å². The first-order valence-electron chi connectivity index (χ1n) is 9.91. The molecule has 1 aliphatic heterocycles. The Balaban J connectivity index is 1.90. The molecule has 1 saturated heterocycles. The second-order valence-corrected chi connectivity index (χ2v) is 9.49. The van der Waals surface area contributed by atoms with Crippen LogP contribution in [0.1, 0.15) is 48.5 Å². The van der Waals surface area contributed by atoms with E-state index in [-0.39, 0.29) is 13.2 Å². The maximum absolute atomic E-state index is 12.0. The Hall–Kier alpha value is -1.77. The molecule has 0 aliphatic carbocycles. The molecule has 1 heterocycles. The minimum atomic E-state index is -0.854. The number of likely N-dealkylation sites (N-methyl/N-ethyl adjacent to an activating group) is 1. The van der Waals surface area contributed by atoms with Crippen LogP contribution in [0.3, 0.4) is 0 Å². The summed E-state index contributed by atoms with van der Waals surface area (Å²) < 4.78 is 23.1. The molecule has 162 valence electrons. The Kier molecular flexibility index (Phi) is 6.92. The lowest BCUT2D eigenvalue weighted by atomic mass is 9.79. The van der Waals surface area contributed by atoms with Crippen LogP contribution in [0.2, 0.25) is 0 Å². The van der Waals surface area contributed by atoms with Gasteiger partial charge in [0.05, 0.1) is 17.7 Å². The van der Waals surface area contributed by atoms with Crippen molar-refractivity contribution < 1.29 is 28.7 Å². The van der Waals surface area contributed by atoms with Crippen LogP contribution in [0.4, 0.5) is 4.79 Å². The van der Waals surface area contributed by atoms with E-state index in [2.05, 4.69) is 0 Å². The van der Waals surface area contributed by atoms with Gasteiger partial charge >= 0.3 is 13.2 Å². The third kappa shape index (κ3) is 6.36. The predicted octanol–water partition coefficient (Wildman–Crippen LogP) is 2.59. The summed E-state index contributed by atoms with van der Waals surface area (Å²) in [5, 5.41) is 10.2. The first-order chi connectivity index (χ1) is 13.2. The SMILES string of the molecule is CN(CC(O)COc1cccc(B2OC(C)(C)C(C)(C)O2)c1)C(=O)OC(C)(C)C. The van der Waals surface area contributed by atoms with Crippen LogP contribution in [0, 0.1) is 0 Å². The smallest absolute Gasteiger partial charge is 0.491 e. The highest BCUT2D eigenvalue weighted by Crippen LogP contribution is 2.36. The van der Waals surface area contributed by atoms with Crippen LogP contribution in [-0.2, 0) is 14.0 Å². The van der Waals surface area contributed by atoms with Crippen molar-refractivity contribution in [1.82, 2.24) is 4.90 Å². The minimum absolute atomic E-state index is 0.0416. The van der Waals surface area contributed by atoms with Gasteiger partial charge in [-0.15, -0.1) is 0 Å². The van der Waals surface area contributed by atoms with E-state index in [0.29, 0.717) is 5.75 Å². The molecule has 1 aromatic rings. The molecule has 1 aromatic carbocycles. The summed E-state index contributed by atoms with van der Waals surface area (Å²) in [6, 6.07) is 7.42. The van der Waals surface area contributed by atoms with Gasteiger partial charge < -0.3 is 28.8 Å². The van der Waals surface area contributed by atoms with Crippen molar-refractivity contribution in [1.29, 1.82) is 0 Å². The number of rotatable bonds is 6. The summed E-state index contributed by atoms with van der Waals surface area (Å²) in [4.78, 5) is 13.3. The summed E-state index contributed by atoms with van der Waals surface area (Å²) >= 11 is 0. The van der Waals surface area contributed by atoms with E-state index in [4.69, 9.17) is 18.8 Å². The van der Waals surface area contributed by atoms with Crippen molar-refractivity contribution in [2.75, 3.05) is 20.2 Å². The van der Waals surface area contributed by atoms with Crippen molar-refractivity contribution in [3.63, 3.8) is 0 Å². The zero-order chi connectivity index (χ0) is 22.0. The van der Waals surface area contributed by atoms with Gasteiger partial charge in [-0.05, 0) is 66.1 Å². The van der Waals surface area contributed by atoms with Crippen molar-refractivity contribution in [3.8, 4) is 5.75 Å². The molecular weight excluding hydrogens is 373 g/mol. The number of aliphatic hydroxyl groups is 1. The molecule has 0 spiro atoms. The van der Waals surface area contributed by atoms with E-state index in [0.717, 1.165) is 5.46 Å². The summed E-state index contributed by atoms with van der Waals surface area (Å²) in [5.74, 6) is 0.594. The molecule has 1 fully saturated rings. The zero-order valence-corrected chi connectivity index (χ0v) is 18.8. The fourth-order valence-corrected chi connectivity index (χ4v) is 2.71. The van der Waals surface area contributed by atoms with Crippen molar-refractivity contribution in [3.05, 3.63) is 24.3 Å². The molecule has 1 amide bonds. The second-order valence-electron chi connectivity index (χ2n) is 9.49. The number of carbonyl (C=O) groups excluding carboxylic acids is 1. The van der Waals surface area contributed by atoms with Gasteiger partial charge in [-0.2, -0.15) is 0 Å². The molecule has 0 radical (unpaired) electrons. The van der Waals surface area contributed by atoms with Crippen LogP contribution < -0.4 is 10.2 Å². The standard InChI is InChI=1S/C21H34BNO6/c1-19(2,3)27-18(25)23(8)13-16(24)14-26-17-11-9-10-15(12-17)22-28-20(4,5)21(6,7)29-22/h9-12,16,24H,13-14H2,1-8H3. The third-order valence-corrected chi connectivity index (χ3v) is 5.02. The average Bonchev–Trinajstić information content (AvgIpc) is 2.79. The minimum Gasteiger partial charge on any atom is -0.491 e. The number of aliphatic hydroxyl groups excluding tert-OH is 1. The normalized spacial score (nSPS) is 19.0. The highest BCUT2D eigenvalue weighted by atomic mass is 16.7. The van der Waals surface area contributed by atoms with Gasteiger partial charge in [-0.1, -0.05) is 12.1 Å². The van der Waals surface area contributed by atoms with Gasteiger partial charge in [0.25, 0.3) is 0 Å². The fourth-order valence-electron chi connectivity index (χ4n) is 2.71. The summed E-state index contributed by atoms with van der Waals surface area (Å²) in [6.07, 6.45) is -1.34. The topological polar surface area (TPSA) is 77.5 Å². The molecule has 29 heavy (non-hydrogen) atoms. The van der Waals surface area contributed by atoms with Crippen LogP contribution in [0.25, 0.3) is 0 Å².